The lowest BCUT2D eigenvalue weighted by atomic mass is 10.3. The van der Waals surface area contributed by atoms with E-state index in [1.165, 1.54) is 38.3 Å². The molecule has 0 unspecified atom stereocenters. The van der Waals surface area contributed by atoms with Crippen molar-refractivity contribution in [1.82, 2.24) is 29.5 Å². The van der Waals surface area contributed by atoms with Gasteiger partial charge in [-0.1, -0.05) is 0 Å². The number of nitrogens with one attached hydrogen (secondary N) is 2. The number of halogens is 1. The first-order valence-electron chi connectivity index (χ1n) is 10.1. The second-order valence-corrected chi connectivity index (χ2v) is 7.16. The highest BCUT2D eigenvalue weighted by atomic mass is 19.1. The molecule has 5 rings (SSSR count). The molecule has 4 aromatic rings. The molecular weight excluding hydrogens is 415 g/mol. The molecule has 4 aromatic heterocycles. The number of rotatable bonds is 4. The normalized spacial score (nSPS) is 13.0. The van der Waals surface area contributed by atoms with Gasteiger partial charge in [0, 0.05) is 25.4 Å². The first kappa shape index (κ1) is 21.2. The van der Waals surface area contributed by atoms with Gasteiger partial charge in [0.1, 0.15) is 28.8 Å². The van der Waals surface area contributed by atoms with E-state index in [9.17, 15) is 9.18 Å². The highest BCUT2D eigenvalue weighted by molar-refractivity contribution is 6.07. The zero-order valence-electron chi connectivity index (χ0n) is 17.7. The molecule has 1 saturated heterocycles. The summed E-state index contributed by atoms with van der Waals surface area (Å²) in [5.74, 6) is 2.01. The molecule has 32 heavy (non-hydrogen) atoms. The zero-order chi connectivity index (χ0) is 22.5. The van der Waals surface area contributed by atoms with Crippen LogP contribution in [0.25, 0.3) is 5.65 Å². The fourth-order valence-corrected chi connectivity index (χ4v) is 3.30. The van der Waals surface area contributed by atoms with E-state index in [1.54, 1.807) is 10.7 Å². The van der Waals surface area contributed by atoms with Crippen LogP contribution < -0.4 is 15.0 Å². The van der Waals surface area contributed by atoms with E-state index >= 15 is 0 Å². The molecule has 2 N–H and O–H groups in total. The summed E-state index contributed by atoms with van der Waals surface area (Å²) in [7, 11) is 1.49. The fourth-order valence-electron chi connectivity index (χ4n) is 3.30. The van der Waals surface area contributed by atoms with Crippen molar-refractivity contribution in [2.45, 2.75) is 19.8 Å². The average molecular weight is 438 g/mol. The average Bonchev–Trinajstić information content (AvgIpc) is 3.55. The van der Waals surface area contributed by atoms with Crippen LogP contribution in [0.3, 0.4) is 0 Å². The summed E-state index contributed by atoms with van der Waals surface area (Å²) in [6.45, 7) is 3.84. The lowest BCUT2D eigenvalue weighted by Crippen LogP contribution is -2.19. The number of aryl methyl sites for hydroxylation is 1. The number of pyridine rings is 1. The van der Waals surface area contributed by atoms with Crippen LogP contribution in [0.15, 0.2) is 43.0 Å². The van der Waals surface area contributed by atoms with Crippen molar-refractivity contribution in [2.75, 3.05) is 30.4 Å². The Morgan fingerprint density at radius 2 is 1.97 bits per heavy atom. The highest BCUT2D eigenvalue weighted by Crippen LogP contribution is 2.20. The minimum atomic E-state index is -0.351. The molecule has 5 heterocycles. The van der Waals surface area contributed by atoms with Gasteiger partial charge in [-0.2, -0.15) is 5.10 Å². The number of nitrogens with zero attached hydrogens (tertiary/aromatic N) is 6. The molecule has 0 aliphatic carbocycles. The number of aromatic amines is 1. The Bertz CT molecular complexity index is 1200. The largest absolute Gasteiger partial charge is 0.481 e. The third kappa shape index (κ3) is 4.82. The number of hydrogen-bond acceptors (Lipinski definition) is 7. The van der Waals surface area contributed by atoms with Crippen molar-refractivity contribution in [3.8, 4) is 5.88 Å². The molecule has 0 saturated carbocycles. The maximum absolute atomic E-state index is 12.5. The number of anilines is 2. The Morgan fingerprint density at radius 3 is 2.62 bits per heavy atom. The van der Waals surface area contributed by atoms with Crippen molar-refractivity contribution >= 4 is 23.2 Å². The molecule has 11 heteroatoms. The third-order valence-electron chi connectivity index (χ3n) is 4.89. The first-order valence-corrected chi connectivity index (χ1v) is 10.1. The monoisotopic (exact) mass is 438 g/mol. The van der Waals surface area contributed by atoms with Crippen LogP contribution in [0.5, 0.6) is 5.88 Å². The van der Waals surface area contributed by atoms with E-state index in [0.717, 1.165) is 30.9 Å². The molecule has 0 aromatic carbocycles. The first-order chi connectivity index (χ1) is 15.5. The molecule has 0 bridgehead atoms. The van der Waals surface area contributed by atoms with Gasteiger partial charge in [0.2, 0.25) is 5.88 Å². The van der Waals surface area contributed by atoms with Crippen LogP contribution in [-0.2, 0) is 0 Å². The summed E-state index contributed by atoms with van der Waals surface area (Å²) >= 11 is 0. The van der Waals surface area contributed by atoms with Gasteiger partial charge in [-0.15, -0.1) is 0 Å². The number of hydrogen-bond donors (Lipinski definition) is 2. The van der Waals surface area contributed by atoms with Gasteiger partial charge >= 0.3 is 0 Å². The molecule has 0 spiro atoms. The minimum Gasteiger partial charge on any atom is -0.481 e. The SMILES string of the molecule is COc1ccc(F)cn1.Cc1ncc(NC(=O)c2cnn3ccc(N4CCCC4)nc23)[nH]1. The van der Waals surface area contributed by atoms with E-state index in [-0.39, 0.29) is 11.7 Å². The van der Waals surface area contributed by atoms with Gasteiger partial charge in [0.25, 0.3) is 5.91 Å². The maximum atomic E-state index is 12.5. The van der Waals surface area contributed by atoms with Crippen LogP contribution in [-0.4, -0.2) is 55.7 Å². The molecule has 0 atom stereocenters. The molecule has 1 fully saturated rings. The maximum Gasteiger partial charge on any atom is 0.262 e. The second-order valence-electron chi connectivity index (χ2n) is 7.16. The summed E-state index contributed by atoms with van der Waals surface area (Å²) in [4.78, 5) is 30.0. The number of methoxy groups -OCH3 is 1. The van der Waals surface area contributed by atoms with Gasteiger partial charge in [-0.3, -0.25) is 4.79 Å². The molecule has 10 nitrogen and oxygen atoms in total. The number of aromatic nitrogens is 6. The number of carbonyl (C=O) groups excluding carboxylic acids is 1. The summed E-state index contributed by atoms with van der Waals surface area (Å²) in [6, 6.07) is 4.70. The zero-order valence-corrected chi connectivity index (χ0v) is 17.7. The molecule has 166 valence electrons. The lowest BCUT2D eigenvalue weighted by Gasteiger charge is -2.16. The predicted molar refractivity (Wildman–Crippen MR) is 116 cm³/mol. The van der Waals surface area contributed by atoms with Crippen LogP contribution >= 0.6 is 0 Å². The van der Waals surface area contributed by atoms with Crippen LogP contribution in [0, 0.1) is 12.7 Å². The Kier molecular flexibility index (Phi) is 6.24. The number of H-pyrrole nitrogens is 1. The topological polar surface area (TPSA) is 113 Å². The smallest absolute Gasteiger partial charge is 0.262 e. The summed E-state index contributed by atoms with van der Waals surface area (Å²) in [5, 5.41) is 6.99. The number of carbonyl (C=O) groups is 1. The van der Waals surface area contributed by atoms with Gasteiger partial charge in [0.05, 0.1) is 25.7 Å². The van der Waals surface area contributed by atoms with Gasteiger partial charge in [-0.25, -0.2) is 23.9 Å². The van der Waals surface area contributed by atoms with E-state index in [4.69, 9.17) is 4.74 Å². The van der Waals surface area contributed by atoms with E-state index in [0.29, 0.717) is 22.9 Å². The quantitative estimate of drug-likeness (QED) is 0.504. The Balaban J connectivity index is 0.000000230. The molecule has 1 aliphatic heterocycles. The number of fused-ring (bicyclic) bond motifs is 1. The van der Waals surface area contributed by atoms with E-state index < -0.39 is 0 Å². The van der Waals surface area contributed by atoms with Crippen LogP contribution in [0.1, 0.15) is 29.0 Å². The summed E-state index contributed by atoms with van der Waals surface area (Å²) in [5.41, 5.74) is 1.00. The standard InChI is InChI=1S/C15H17N7O.C6H6FNO/c1-10-16-9-12(18-10)19-15(23)11-8-17-22-7-4-13(20-14(11)22)21-5-2-3-6-21;1-9-6-3-2-5(7)4-8-6/h4,7-9H,2-3,5-6H2,1H3,(H,16,18)(H,19,23);2-4H,1H3. The molecule has 0 radical (unpaired) electrons. The third-order valence-corrected chi connectivity index (χ3v) is 4.89. The molecule has 1 amide bonds. The Labute approximate surface area is 183 Å². The fraction of sp³-hybridized carbons (Fsp3) is 0.286. The lowest BCUT2D eigenvalue weighted by molar-refractivity contribution is 0.102. The van der Waals surface area contributed by atoms with Gasteiger partial charge in [0.15, 0.2) is 5.65 Å². The summed E-state index contributed by atoms with van der Waals surface area (Å²) in [6.07, 6.45) is 8.43. The van der Waals surface area contributed by atoms with Crippen molar-refractivity contribution in [1.29, 1.82) is 0 Å². The highest BCUT2D eigenvalue weighted by Gasteiger charge is 2.18. The minimum absolute atomic E-state index is 0.255. The molecular formula is C21H23FN8O2. The van der Waals surface area contributed by atoms with Crippen molar-refractivity contribution in [2.24, 2.45) is 0 Å². The van der Waals surface area contributed by atoms with Crippen molar-refractivity contribution in [3.05, 3.63) is 60.2 Å². The molecule has 1 aliphatic rings. The van der Waals surface area contributed by atoms with E-state index in [2.05, 4.69) is 35.3 Å². The summed E-state index contributed by atoms with van der Waals surface area (Å²) < 4.78 is 18.4. The number of imidazole rings is 1. The predicted octanol–water partition coefficient (Wildman–Crippen LogP) is 2.84. The van der Waals surface area contributed by atoms with Crippen molar-refractivity contribution in [3.63, 3.8) is 0 Å². The van der Waals surface area contributed by atoms with Crippen molar-refractivity contribution < 1.29 is 13.9 Å². The van der Waals surface area contributed by atoms with Gasteiger partial charge < -0.3 is 19.9 Å². The van der Waals surface area contributed by atoms with E-state index in [1.807, 2.05) is 19.2 Å². The number of amides is 1. The van der Waals surface area contributed by atoms with Gasteiger partial charge in [-0.05, 0) is 31.9 Å². The Hall–Kier alpha value is -4.02. The number of ether oxygens (including phenoxy) is 1. The van der Waals surface area contributed by atoms with Crippen LogP contribution in [0.4, 0.5) is 16.0 Å². The second kappa shape index (κ2) is 9.41. The van der Waals surface area contributed by atoms with Crippen LogP contribution in [0.2, 0.25) is 0 Å². The Morgan fingerprint density at radius 1 is 1.16 bits per heavy atom.